The molecule has 46 heavy (non-hydrogen) atoms. The summed E-state index contributed by atoms with van der Waals surface area (Å²) in [6.07, 6.45) is 2.70. The summed E-state index contributed by atoms with van der Waals surface area (Å²) in [5, 5.41) is 12.1. The van der Waals surface area contributed by atoms with Gasteiger partial charge in [-0.15, -0.1) is 0 Å². The molecule has 14 heteroatoms. The van der Waals surface area contributed by atoms with E-state index in [0.29, 0.717) is 0 Å². The van der Waals surface area contributed by atoms with E-state index in [4.69, 9.17) is 16.0 Å². The van der Waals surface area contributed by atoms with Crippen LogP contribution in [-0.4, -0.2) is 45.7 Å². The second-order valence-corrected chi connectivity index (χ2v) is 11.4. The topological polar surface area (TPSA) is 132 Å². The first kappa shape index (κ1) is 30.8. The highest BCUT2D eigenvalue weighted by Crippen LogP contribution is 2.40. The SMILES string of the molecule is N#Cc1ccnc(N2C(=O)CC[C@H]2C(=O)N(c2cc(F)cc(-c3ncco3)c2)[C@H](C(=O)NC2CC(F)(F)C2)c2ccccc2Cl)c1. The Bertz CT molecular complexity index is 1860. The predicted molar refractivity (Wildman–Crippen MR) is 159 cm³/mol. The summed E-state index contributed by atoms with van der Waals surface area (Å²) in [5.74, 6) is -5.80. The molecule has 6 rings (SSSR count). The number of hydrogen-bond donors (Lipinski definition) is 1. The zero-order valence-electron chi connectivity index (χ0n) is 23.9. The monoisotopic (exact) mass is 648 g/mol. The number of nitrogens with one attached hydrogen (secondary N) is 1. The van der Waals surface area contributed by atoms with Gasteiger partial charge in [0, 0.05) is 53.3 Å². The van der Waals surface area contributed by atoms with Gasteiger partial charge >= 0.3 is 0 Å². The van der Waals surface area contributed by atoms with Gasteiger partial charge in [-0.1, -0.05) is 29.8 Å². The van der Waals surface area contributed by atoms with Crippen molar-refractivity contribution in [1.82, 2.24) is 15.3 Å². The number of oxazole rings is 1. The molecule has 2 aromatic heterocycles. The molecule has 0 unspecified atom stereocenters. The normalized spacial score (nSPS) is 18.0. The van der Waals surface area contributed by atoms with E-state index in [0.717, 1.165) is 21.9 Å². The highest BCUT2D eigenvalue weighted by atomic mass is 35.5. The van der Waals surface area contributed by atoms with Crippen LogP contribution in [0.2, 0.25) is 5.02 Å². The first-order chi connectivity index (χ1) is 22.0. The van der Waals surface area contributed by atoms with Gasteiger partial charge in [0.05, 0.1) is 17.8 Å². The lowest BCUT2D eigenvalue weighted by Gasteiger charge is -2.39. The van der Waals surface area contributed by atoms with Gasteiger partial charge in [0.1, 0.15) is 30.0 Å². The Morgan fingerprint density at radius 2 is 1.91 bits per heavy atom. The number of hydrogen-bond acceptors (Lipinski definition) is 7. The molecule has 0 bridgehead atoms. The molecular formula is C32H24ClF3N6O4. The van der Waals surface area contributed by atoms with Crippen molar-refractivity contribution < 1.29 is 32.0 Å². The lowest BCUT2D eigenvalue weighted by Crippen LogP contribution is -2.56. The number of rotatable bonds is 8. The van der Waals surface area contributed by atoms with Gasteiger partial charge in [-0.2, -0.15) is 5.26 Å². The third-order valence-electron chi connectivity index (χ3n) is 7.84. The van der Waals surface area contributed by atoms with Crippen LogP contribution in [-0.2, 0) is 14.4 Å². The minimum absolute atomic E-state index is 0.000247. The maximum absolute atomic E-state index is 15.3. The Labute approximate surface area is 265 Å². The van der Waals surface area contributed by atoms with Gasteiger partial charge in [-0.3, -0.25) is 24.2 Å². The van der Waals surface area contributed by atoms with Crippen molar-refractivity contribution in [1.29, 1.82) is 5.26 Å². The number of halogens is 4. The first-order valence-corrected chi connectivity index (χ1v) is 14.6. The average Bonchev–Trinajstić information content (AvgIpc) is 3.69. The summed E-state index contributed by atoms with van der Waals surface area (Å²) in [7, 11) is 0. The van der Waals surface area contributed by atoms with Crippen LogP contribution in [0.1, 0.15) is 42.9 Å². The van der Waals surface area contributed by atoms with Gasteiger partial charge in [-0.05, 0) is 42.8 Å². The van der Waals surface area contributed by atoms with E-state index in [1.54, 1.807) is 12.1 Å². The lowest BCUT2D eigenvalue weighted by molar-refractivity contribution is -0.133. The van der Waals surface area contributed by atoms with Crippen molar-refractivity contribution >= 4 is 40.8 Å². The molecule has 3 amide bonds. The van der Waals surface area contributed by atoms with Gasteiger partial charge < -0.3 is 9.73 Å². The number of benzene rings is 2. The van der Waals surface area contributed by atoms with E-state index in [-0.39, 0.29) is 52.0 Å². The summed E-state index contributed by atoms with van der Waals surface area (Å²) in [6.45, 7) is 0. The molecule has 0 spiro atoms. The molecule has 1 N–H and O–H groups in total. The number of carbonyl (C=O) groups excluding carboxylic acids is 3. The first-order valence-electron chi connectivity index (χ1n) is 14.2. The van der Waals surface area contributed by atoms with Gasteiger partial charge in [0.25, 0.3) is 11.8 Å². The smallest absolute Gasteiger partial charge is 0.252 e. The fourth-order valence-corrected chi connectivity index (χ4v) is 5.97. The summed E-state index contributed by atoms with van der Waals surface area (Å²) in [5.41, 5.74) is 0.343. The van der Waals surface area contributed by atoms with E-state index in [1.807, 2.05) is 6.07 Å². The minimum Gasteiger partial charge on any atom is -0.445 e. The highest BCUT2D eigenvalue weighted by Gasteiger charge is 2.48. The van der Waals surface area contributed by atoms with Crippen molar-refractivity contribution in [2.24, 2.45) is 0 Å². The average molecular weight is 649 g/mol. The molecule has 234 valence electrons. The maximum atomic E-state index is 15.3. The molecule has 2 atom stereocenters. The highest BCUT2D eigenvalue weighted by molar-refractivity contribution is 6.31. The van der Waals surface area contributed by atoms with Crippen molar-refractivity contribution in [3.63, 3.8) is 0 Å². The van der Waals surface area contributed by atoms with Crippen LogP contribution >= 0.6 is 11.6 Å². The Morgan fingerprint density at radius 1 is 1.13 bits per heavy atom. The Morgan fingerprint density at radius 3 is 2.61 bits per heavy atom. The van der Waals surface area contributed by atoms with E-state index in [9.17, 15) is 28.4 Å². The van der Waals surface area contributed by atoms with Crippen molar-refractivity contribution in [3.05, 3.63) is 95.2 Å². The summed E-state index contributed by atoms with van der Waals surface area (Å²) in [6, 6.07) is 10.7. The van der Waals surface area contributed by atoms with Crippen LogP contribution < -0.4 is 15.1 Å². The zero-order chi connectivity index (χ0) is 32.6. The Kier molecular flexibility index (Phi) is 8.22. The fraction of sp³-hybridized carbons (Fsp3) is 0.250. The molecule has 2 fully saturated rings. The van der Waals surface area contributed by atoms with E-state index in [1.165, 1.54) is 49.0 Å². The van der Waals surface area contributed by atoms with Crippen LogP contribution in [0.3, 0.4) is 0 Å². The molecule has 2 aromatic carbocycles. The molecule has 0 radical (unpaired) electrons. The number of carbonyl (C=O) groups is 3. The Balaban J connectivity index is 1.50. The molecule has 2 aliphatic rings. The van der Waals surface area contributed by atoms with Gasteiger partial charge in [0.15, 0.2) is 0 Å². The van der Waals surface area contributed by atoms with Crippen LogP contribution in [0.5, 0.6) is 0 Å². The van der Waals surface area contributed by atoms with Crippen molar-refractivity contribution in [2.45, 2.75) is 49.7 Å². The standard InChI is InChI=1S/C32H24ClF3N6O4/c33-24-4-2-1-3-23(24)28(29(44)40-21-15-32(35,36)16-21)41(22-13-19(12-20(34)14-22)30-39-9-10-46-30)31(45)25-5-6-27(43)42(25)26-11-18(17-37)7-8-38-26/h1-4,7-14,21,25,28H,5-6,15-16H2,(H,40,44)/t25-,28-/m0/s1. The molecule has 1 saturated heterocycles. The van der Waals surface area contributed by atoms with Crippen molar-refractivity contribution in [2.75, 3.05) is 9.80 Å². The molecule has 1 aliphatic heterocycles. The predicted octanol–water partition coefficient (Wildman–Crippen LogP) is 5.58. The van der Waals surface area contributed by atoms with E-state index in [2.05, 4.69) is 15.3 Å². The molecule has 10 nitrogen and oxygen atoms in total. The molecule has 4 aromatic rings. The summed E-state index contributed by atoms with van der Waals surface area (Å²) < 4.78 is 48.1. The number of anilines is 2. The number of nitriles is 1. The number of pyridine rings is 1. The number of aromatic nitrogens is 2. The number of nitrogens with zero attached hydrogens (tertiary/aromatic N) is 5. The van der Waals surface area contributed by atoms with Gasteiger partial charge in [-0.25, -0.2) is 23.1 Å². The number of alkyl halides is 2. The number of amides is 3. The Hall–Kier alpha value is -5.22. The van der Waals surface area contributed by atoms with Crippen LogP contribution in [0.15, 0.2) is 77.7 Å². The quantitative estimate of drug-likeness (QED) is 0.264. The second-order valence-electron chi connectivity index (χ2n) is 11.0. The maximum Gasteiger partial charge on any atom is 0.252 e. The molecule has 3 heterocycles. The third-order valence-corrected chi connectivity index (χ3v) is 8.18. The largest absolute Gasteiger partial charge is 0.445 e. The lowest BCUT2D eigenvalue weighted by atomic mass is 9.87. The molecule has 1 aliphatic carbocycles. The summed E-state index contributed by atoms with van der Waals surface area (Å²) in [4.78, 5) is 52.4. The van der Waals surface area contributed by atoms with Crippen LogP contribution in [0, 0.1) is 17.1 Å². The molecule has 1 saturated carbocycles. The third kappa shape index (κ3) is 6.03. The molecular weight excluding hydrogens is 625 g/mol. The second kappa shape index (κ2) is 12.3. The fourth-order valence-electron chi connectivity index (χ4n) is 5.73. The van der Waals surface area contributed by atoms with Gasteiger partial charge in [0.2, 0.25) is 17.7 Å². The van der Waals surface area contributed by atoms with Crippen molar-refractivity contribution in [3.8, 4) is 17.5 Å². The van der Waals surface area contributed by atoms with Crippen LogP contribution in [0.25, 0.3) is 11.5 Å². The summed E-state index contributed by atoms with van der Waals surface area (Å²) >= 11 is 6.57. The van der Waals surface area contributed by atoms with E-state index < -0.39 is 60.4 Å². The van der Waals surface area contributed by atoms with E-state index >= 15 is 4.39 Å². The zero-order valence-corrected chi connectivity index (χ0v) is 24.6. The minimum atomic E-state index is -2.95. The van der Waals surface area contributed by atoms with Crippen LogP contribution in [0.4, 0.5) is 24.7 Å².